The van der Waals surface area contributed by atoms with Crippen LogP contribution in [0.5, 0.6) is 0 Å². The van der Waals surface area contributed by atoms with Crippen molar-refractivity contribution in [1.82, 2.24) is 4.90 Å². The molecule has 150 valence electrons. The van der Waals surface area contributed by atoms with Crippen LogP contribution in [0.3, 0.4) is 0 Å². The van der Waals surface area contributed by atoms with Crippen molar-refractivity contribution in [2.75, 3.05) is 13.2 Å². The van der Waals surface area contributed by atoms with Crippen LogP contribution < -0.4 is 0 Å². The maximum Gasteiger partial charge on any atom is 0.305 e. The highest BCUT2D eigenvalue weighted by Gasteiger charge is 2.20. The first-order valence-corrected chi connectivity index (χ1v) is 9.74. The van der Waals surface area contributed by atoms with Crippen LogP contribution in [0, 0.1) is 11.8 Å². The average Bonchev–Trinajstić information content (AvgIpc) is 2.69. The summed E-state index contributed by atoms with van der Waals surface area (Å²) in [4.78, 5) is 37.0. The zero-order valence-electron chi connectivity index (χ0n) is 16.8. The van der Waals surface area contributed by atoms with Crippen molar-refractivity contribution in [3.63, 3.8) is 0 Å². The molecule has 0 aliphatic carbocycles. The molecule has 5 heteroatoms. The number of esters is 1. The topological polar surface area (TPSA) is 63.7 Å². The van der Waals surface area contributed by atoms with Gasteiger partial charge in [0.15, 0.2) is 0 Å². The van der Waals surface area contributed by atoms with Crippen molar-refractivity contribution in [3.8, 4) is 11.8 Å². The Kier molecular flexibility index (Phi) is 11.8. The summed E-state index contributed by atoms with van der Waals surface area (Å²) in [7, 11) is 0. The van der Waals surface area contributed by atoms with E-state index < -0.39 is 11.8 Å². The number of unbranched alkanes of at least 4 members (excludes halogenated alkanes) is 5. The van der Waals surface area contributed by atoms with E-state index in [1.54, 1.807) is 42.5 Å². The van der Waals surface area contributed by atoms with E-state index in [1.165, 1.54) is 26.2 Å². The summed E-state index contributed by atoms with van der Waals surface area (Å²) >= 11 is 0. The summed E-state index contributed by atoms with van der Waals surface area (Å²) in [6, 6.07) is 8.61. The van der Waals surface area contributed by atoms with Gasteiger partial charge in [-0.25, -0.2) is 0 Å². The predicted octanol–water partition coefficient (Wildman–Crippen LogP) is 4.14. The standard InChI is InChI=1S/C23H29NO4/c1-3-4-5-6-7-8-12-17-22(26)24(18-13-14-19-28-20(2)25)23(27)21-15-10-9-11-16-21/h9-11,13-16H,3-8,18-19H2,1-2H3/b14-13-. The van der Waals surface area contributed by atoms with Crippen LogP contribution in [-0.4, -0.2) is 35.8 Å². The van der Waals surface area contributed by atoms with E-state index in [2.05, 4.69) is 18.8 Å². The van der Waals surface area contributed by atoms with E-state index in [1.807, 2.05) is 0 Å². The highest BCUT2D eigenvalue weighted by atomic mass is 16.5. The lowest BCUT2D eigenvalue weighted by Crippen LogP contribution is -2.36. The molecule has 0 aliphatic heterocycles. The molecule has 5 nitrogen and oxygen atoms in total. The molecule has 0 N–H and O–H groups in total. The largest absolute Gasteiger partial charge is 0.462 e. The van der Waals surface area contributed by atoms with Gasteiger partial charge in [-0.1, -0.05) is 62.8 Å². The van der Waals surface area contributed by atoms with Crippen LogP contribution in [0.15, 0.2) is 42.5 Å². The minimum Gasteiger partial charge on any atom is -0.462 e. The number of benzene rings is 1. The quantitative estimate of drug-likeness (QED) is 0.264. The van der Waals surface area contributed by atoms with Crippen molar-refractivity contribution in [2.24, 2.45) is 0 Å². The fourth-order valence-electron chi connectivity index (χ4n) is 2.43. The Hall–Kier alpha value is -2.87. The Morgan fingerprint density at radius 3 is 2.43 bits per heavy atom. The smallest absolute Gasteiger partial charge is 0.305 e. The molecule has 0 aromatic heterocycles. The Bertz CT molecular complexity index is 713. The van der Waals surface area contributed by atoms with Gasteiger partial charge in [-0.05, 0) is 30.6 Å². The minimum absolute atomic E-state index is 0.0685. The van der Waals surface area contributed by atoms with Crippen molar-refractivity contribution >= 4 is 17.8 Å². The van der Waals surface area contributed by atoms with Crippen LogP contribution in [0.25, 0.3) is 0 Å². The fraction of sp³-hybridized carbons (Fsp3) is 0.435. The van der Waals surface area contributed by atoms with Crippen molar-refractivity contribution in [3.05, 3.63) is 48.0 Å². The lowest BCUT2D eigenvalue weighted by atomic mass is 10.1. The van der Waals surface area contributed by atoms with Crippen molar-refractivity contribution in [1.29, 1.82) is 0 Å². The molecule has 0 radical (unpaired) electrons. The number of amides is 2. The van der Waals surface area contributed by atoms with Gasteiger partial charge in [0.2, 0.25) is 0 Å². The van der Waals surface area contributed by atoms with Crippen LogP contribution in [0.1, 0.15) is 62.7 Å². The number of imide groups is 1. The molecule has 0 bridgehead atoms. The summed E-state index contributed by atoms with van der Waals surface area (Å²) in [5, 5.41) is 0. The predicted molar refractivity (Wildman–Crippen MR) is 109 cm³/mol. The Morgan fingerprint density at radius 1 is 1.04 bits per heavy atom. The first kappa shape index (κ1) is 23.2. The van der Waals surface area contributed by atoms with Crippen LogP contribution >= 0.6 is 0 Å². The molecular formula is C23H29NO4. The molecule has 0 fully saturated rings. The Balaban J connectivity index is 2.70. The summed E-state index contributed by atoms with van der Waals surface area (Å²) in [6.45, 7) is 3.65. The Labute approximate surface area is 167 Å². The van der Waals surface area contributed by atoms with E-state index in [4.69, 9.17) is 4.74 Å². The molecule has 28 heavy (non-hydrogen) atoms. The van der Waals surface area contributed by atoms with Gasteiger partial charge in [0.05, 0.1) is 0 Å². The number of rotatable bonds is 10. The van der Waals surface area contributed by atoms with Crippen LogP contribution in [-0.2, 0) is 14.3 Å². The second-order valence-electron chi connectivity index (χ2n) is 6.33. The van der Waals surface area contributed by atoms with Crippen LogP contribution in [0.4, 0.5) is 0 Å². The molecule has 0 saturated heterocycles. The van der Waals surface area contributed by atoms with Gasteiger partial charge in [-0.15, -0.1) is 0 Å². The average molecular weight is 383 g/mol. The molecule has 1 aromatic rings. The number of carbonyl (C=O) groups excluding carboxylic acids is 3. The fourth-order valence-corrected chi connectivity index (χ4v) is 2.43. The van der Waals surface area contributed by atoms with Gasteiger partial charge in [-0.3, -0.25) is 19.3 Å². The third kappa shape index (κ3) is 9.72. The van der Waals surface area contributed by atoms with E-state index in [-0.39, 0.29) is 19.1 Å². The molecule has 0 atom stereocenters. The van der Waals surface area contributed by atoms with E-state index in [0.29, 0.717) is 12.0 Å². The summed E-state index contributed by atoms with van der Waals surface area (Å²) < 4.78 is 4.81. The highest BCUT2D eigenvalue weighted by Crippen LogP contribution is 2.06. The third-order valence-corrected chi connectivity index (χ3v) is 3.95. The highest BCUT2D eigenvalue weighted by molar-refractivity contribution is 6.10. The van der Waals surface area contributed by atoms with Gasteiger partial charge >= 0.3 is 11.9 Å². The first-order chi connectivity index (χ1) is 13.6. The number of hydrogen-bond donors (Lipinski definition) is 0. The summed E-state index contributed by atoms with van der Waals surface area (Å²) in [5.41, 5.74) is 0.422. The minimum atomic E-state index is -0.528. The number of hydrogen-bond acceptors (Lipinski definition) is 4. The van der Waals surface area contributed by atoms with Gasteiger partial charge in [0, 0.05) is 25.5 Å². The molecule has 2 amide bonds. The third-order valence-electron chi connectivity index (χ3n) is 3.95. The van der Waals surface area contributed by atoms with Crippen molar-refractivity contribution < 1.29 is 19.1 Å². The van der Waals surface area contributed by atoms with Crippen LogP contribution in [0.2, 0.25) is 0 Å². The zero-order valence-corrected chi connectivity index (χ0v) is 16.8. The van der Waals surface area contributed by atoms with Crippen molar-refractivity contribution in [2.45, 2.75) is 52.4 Å². The monoisotopic (exact) mass is 383 g/mol. The van der Waals surface area contributed by atoms with E-state index >= 15 is 0 Å². The number of nitrogens with zero attached hydrogens (tertiary/aromatic N) is 1. The molecule has 0 unspecified atom stereocenters. The molecule has 1 aromatic carbocycles. The molecule has 0 aliphatic rings. The first-order valence-electron chi connectivity index (χ1n) is 9.74. The Morgan fingerprint density at radius 2 is 1.75 bits per heavy atom. The molecular weight excluding hydrogens is 354 g/mol. The van der Waals surface area contributed by atoms with E-state index in [0.717, 1.165) is 17.7 Å². The lowest BCUT2D eigenvalue weighted by molar-refractivity contribution is -0.139. The lowest BCUT2D eigenvalue weighted by Gasteiger charge is -2.16. The SMILES string of the molecule is CCCCCCCC#CC(=O)N(C/C=C\COC(C)=O)C(=O)c1ccccc1. The second kappa shape index (κ2) is 14.2. The van der Waals surface area contributed by atoms with Gasteiger partial charge in [0.1, 0.15) is 6.61 Å². The maximum absolute atomic E-state index is 12.7. The number of carbonyl (C=O) groups is 3. The molecule has 0 saturated carbocycles. The normalized spacial score (nSPS) is 10.2. The molecule has 1 rings (SSSR count). The molecule has 0 spiro atoms. The summed E-state index contributed by atoms with van der Waals surface area (Å²) in [5.74, 6) is 4.14. The van der Waals surface area contributed by atoms with E-state index in [9.17, 15) is 14.4 Å². The molecule has 0 heterocycles. The number of ether oxygens (including phenoxy) is 1. The van der Waals surface area contributed by atoms with Gasteiger partial charge in [0.25, 0.3) is 5.91 Å². The zero-order chi connectivity index (χ0) is 20.6. The maximum atomic E-state index is 12.7. The van der Waals surface area contributed by atoms with Gasteiger partial charge < -0.3 is 4.74 Å². The summed E-state index contributed by atoms with van der Waals surface area (Å²) in [6.07, 6.45) is 9.49. The van der Waals surface area contributed by atoms with Gasteiger partial charge in [-0.2, -0.15) is 0 Å². The second-order valence-corrected chi connectivity index (χ2v) is 6.33.